The van der Waals surface area contributed by atoms with Gasteiger partial charge in [0.15, 0.2) is 5.82 Å². The monoisotopic (exact) mass is 331 g/mol. The minimum absolute atomic E-state index is 0.131. The van der Waals surface area contributed by atoms with Crippen molar-refractivity contribution in [2.75, 3.05) is 23.4 Å². The van der Waals surface area contributed by atoms with Crippen LogP contribution in [0, 0.1) is 6.92 Å². The van der Waals surface area contributed by atoms with E-state index in [-0.39, 0.29) is 24.8 Å². The van der Waals surface area contributed by atoms with Crippen molar-refractivity contribution in [1.82, 2.24) is 5.16 Å². The molecule has 7 heteroatoms. The van der Waals surface area contributed by atoms with Crippen LogP contribution in [0.1, 0.15) is 26.0 Å². The first kappa shape index (κ1) is 17.5. The lowest BCUT2D eigenvalue weighted by atomic mass is 10.2. The Labute approximate surface area is 140 Å². The lowest BCUT2D eigenvalue weighted by Crippen LogP contribution is -2.32. The third-order valence-electron chi connectivity index (χ3n) is 3.30. The zero-order valence-corrected chi connectivity index (χ0v) is 14.0. The maximum absolute atomic E-state index is 12.2. The Bertz CT molecular complexity index is 711. The molecule has 0 aliphatic rings. The van der Waals surface area contributed by atoms with Crippen LogP contribution in [-0.2, 0) is 9.59 Å². The van der Waals surface area contributed by atoms with Crippen LogP contribution in [0.3, 0.4) is 0 Å². The molecule has 0 radical (unpaired) electrons. The van der Waals surface area contributed by atoms with Crippen molar-refractivity contribution < 1.29 is 18.8 Å². The molecule has 0 unspecified atom stereocenters. The highest BCUT2D eigenvalue weighted by molar-refractivity contribution is 5.95. The summed E-state index contributed by atoms with van der Waals surface area (Å²) in [6.45, 7) is 5.77. The summed E-state index contributed by atoms with van der Waals surface area (Å²) in [4.78, 5) is 25.3. The molecule has 0 aliphatic carbocycles. The van der Waals surface area contributed by atoms with E-state index in [1.54, 1.807) is 25.1 Å². The molecule has 0 bridgehead atoms. The van der Waals surface area contributed by atoms with E-state index in [1.807, 2.05) is 19.1 Å². The number of carbonyl (C=O) groups excluding carboxylic acids is 2. The van der Waals surface area contributed by atoms with Gasteiger partial charge in [0.1, 0.15) is 11.5 Å². The van der Waals surface area contributed by atoms with Crippen LogP contribution in [-0.4, -0.2) is 30.1 Å². The number of carbonyl (C=O) groups is 2. The smallest absolute Gasteiger partial charge is 0.226 e. The number of nitrogens with zero attached hydrogens (tertiary/aromatic N) is 2. The fourth-order valence-corrected chi connectivity index (χ4v) is 2.19. The van der Waals surface area contributed by atoms with E-state index in [1.165, 1.54) is 11.8 Å². The summed E-state index contributed by atoms with van der Waals surface area (Å²) in [5.41, 5.74) is 0.607. The van der Waals surface area contributed by atoms with Gasteiger partial charge in [0, 0.05) is 26.0 Å². The highest BCUT2D eigenvalue weighted by Crippen LogP contribution is 2.24. The van der Waals surface area contributed by atoms with Crippen LogP contribution in [0.2, 0.25) is 0 Å². The minimum Gasteiger partial charge on any atom is -0.492 e. The van der Waals surface area contributed by atoms with E-state index in [2.05, 4.69) is 10.5 Å². The lowest BCUT2D eigenvalue weighted by molar-refractivity contribution is -0.117. The van der Waals surface area contributed by atoms with Gasteiger partial charge < -0.3 is 14.6 Å². The highest BCUT2D eigenvalue weighted by Gasteiger charge is 2.17. The van der Waals surface area contributed by atoms with Gasteiger partial charge in [0.05, 0.1) is 12.3 Å². The van der Waals surface area contributed by atoms with Crippen molar-refractivity contribution in [3.05, 3.63) is 36.1 Å². The second-order valence-electron chi connectivity index (χ2n) is 5.19. The summed E-state index contributed by atoms with van der Waals surface area (Å²) in [5.74, 6) is 1.21. The van der Waals surface area contributed by atoms with Crippen LogP contribution >= 0.6 is 0 Å². The van der Waals surface area contributed by atoms with Gasteiger partial charge in [-0.1, -0.05) is 17.3 Å². The Morgan fingerprint density at radius 2 is 2.08 bits per heavy atom. The molecular weight excluding hydrogens is 310 g/mol. The normalized spacial score (nSPS) is 10.3. The van der Waals surface area contributed by atoms with Gasteiger partial charge in [-0.3, -0.25) is 14.5 Å². The number of aryl methyl sites for hydroxylation is 1. The summed E-state index contributed by atoms with van der Waals surface area (Å²) in [7, 11) is 0. The number of rotatable bonds is 7. The third-order valence-corrected chi connectivity index (χ3v) is 3.30. The van der Waals surface area contributed by atoms with E-state index < -0.39 is 0 Å². The summed E-state index contributed by atoms with van der Waals surface area (Å²) in [6, 6.07) is 8.87. The van der Waals surface area contributed by atoms with Gasteiger partial charge >= 0.3 is 0 Å². The molecule has 1 N–H and O–H groups in total. The second kappa shape index (κ2) is 8.14. The first-order chi connectivity index (χ1) is 11.5. The van der Waals surface area contributed by atoms with Crippen LogP contribution < -0.4 is 15.0 Å². The summed E-state index contributed by atoms with van der Waals surface area (Å²) >= 11 is 0. The Morgan fingerprint density at radius 1 is 1.33 bits per heavy atom. The number of anilines is 2. The van der Waals surface area contributed by atoms with Crippen LogP contribution in [0.25, 0.3) is 0 Å². The van der Waals surface area contributed by atoms with Crippen LogP contribution in [0.5, 0.6) is 5.75 Å². The third kappa shape index (κ3) is 4.58. The zero-order chi connectivity index (χ0) is 17.5. The molecule has 0 saturated carbocycles. The standard InChI is InChI=1S/C17H21N3O4/c1-4-23-15-8-6-5-7-14(15)18-17(22)9-10-20(13(3)21)16-11-12(2)24-19-16/h5-8,11H,4,9-10H2,1-3H3,(H,18,22). The molecule has 24 heavy (non-hydrogen) atoms. The van der Waals surface area contributed by atoms with Crippen molar-refractivity contribution in [2.24, 2.45) is 0 Å². The zero-order valence-electron chi connectivity index (χ0n) is 14.0. The maximum Gasteiger partial charge on any atom is 0.226 e. The quantitative estimate of drug-likeness (QED) is 0.843. The molecule has 7 nitrogen and oxygen atoms in total. The molecule has 0 aliphatic heterocycles. The van der Waals surface area contributed by atoms with Crippen molar-refractivity contribution in [3.63, 3.8) is 0 Å². The van der Waals surface area contributed by atoms with Crippen LogP contribution in [0.15, 0.2) is 34.9 Å². The molecule has 0 spiro atoms. The summed E-state index contributed by atoms with van der Waals surface area (Å²) in [5, 5.41) is 6.62. The topological polar surface area (TPSA) is 84.7 Å². The average Bonchev–Trinajstić information content (AvgIpc) is 2.95. The molecular formula is C17H21N3O4. The molecule has 1 aromatic carbocycles. The summed E-state index contributed by atoms with van der Waals surface area (Å²) < 4.78 is 10.5. The molecule has 128 valence electrons. The van der Waals surface area contributed by atoms with E-state index in [0.717, 1.165) is 0 Å². The van der Waals surface area contributed by atoms with E-state index >= 15 is 0 Å². The molecule has 1 aromatic heterocycles. The van der Waals surface area contributed by atoms with Crippen LogP contribution in [0.4, 0.5) is 11.5 Å². The number of benzene rings is 1. The fraction of sp³-hybridized carbons (Fsp3) is 0.353. The van der Waals surface area contributed by atoms with E-state index in [9.17, 15) is 9.59 Å². The van der Waals surface area contributed by atoms with Crippen molar-refractivity contribution >= 4 is 23.3 Å². The largest absolute Gasteiger partial charge is 0.492 e. The first-order valence-electron chi connectivity index (χ1n) is 7.74. The number of aromatic nitrogens is 1. The first-order valence-corrected chi connectivity index (χ1v) is 7.74. The number of nitrogens with one attached hydrogen (secondary N) is 1. The predicted molar refractivity (Wildman–Crippen MR) is 90.1 cm³/mol. The van der Waals surface area contributed by atoms with Gasteiger partial charge in [-0.05, 0) is 26.0 Å². The number of hydrogen-bond acceptors (Lipinski definition) is 5. The van der Waals surface area contributed by atoms with Gasteiger partial charge in [-0.15, -0.1) is 0 Å². The Balaban J connectivity index is 1.98. The molecule has 1 heterocycles. The number of para-hydroxylation sites is 2. The van der Waals surface area contributed by atoms with E-state index in [4.69, 9.17) is 9.26 Å². The fourth-order valence-electron chi connectivity index (χ4n) is 2.19. The number of amides is 2. The van der Waals surface area contributed by atoms with Crippen molar-refractivity contribution in [2.45, 2.75) is 27.2 Å². The SMILES string of the molecule is CCOc1ccccc1NC(=O)CCN(C(C)=O)c1cc(C)on1. The Kier molecular flexibility index (Phi) is 5.95. The second-order valence-corrected chi connectivity index (χ2v) is 5.19. The summed E-state index contributed by atoms with van der Waals surface area (Å²) in [6.07, 6.45) is 0.131. The Morgan fingerprint density at radius 3 is 2.71 bits per heavy atom. The van der Waals surface area contributed by atoms with E-state index in [0.29, 0.717) is 29.6 Å². The number of ether oxygens (including phenoxy) is 1. The molecule has 0 fully saturated rings. The maximum atomic E-state index is 12.2. The molecule has 2 aromatic rings. The molecule has 0 atom stereocenters. The predicted octanol–water partition coefficient (Wildman–Crippen LogP) is 2.76. The van der Waals surface area contributed by atoms with Gasteiger partial charge in [0.25, 0.3) is 0 Å². The molecule has 2 rings (SSSR count). The van der Waals surface area contributed by atoms with Gasteiger partial charge in [-0.2, -0.15) is 0 Å². The highest BCUT2D eigenvalue weighted by atomic mass is 16.5. The lowest BCUT2D eigenvalue weighted by Gasteiger charge is -2.17. The molecule has 2 amide bonds. The van der Waals surface area contributed by atoms with Gasteiger partial charge in [-0.25, -0.2) is 0 Å². The molecule has 0 saturated heterocycles. The number of hydrogen-bond donors (Lipinski definition) is 1. The average molecular weight is 331 g/mol. The minimum atomic E-state index is -0.214. The Hall–Kier alpha value is -2.83. The van der Waals surface area contributed by atoms with Crippen molar-refractivity contribution in [1.29, 1.82) is 0 Å². The van der Waals surface area contributed by atoms with Crippen molar-refractivity contribution in [3.8, 4) is 5.75 Å². The van der Waals surface area contributed by atoms with Gasteiger partial charge in [0.2, 0.25) is 11.8 Å².